The third-order valence-corrected chi connectivity index (χ3v) is 22.4. The highest BCUT2D eigenvalue weighted by molar-refractivity contribution is 5.76. The van der Waals surface area contributed by atoms with Crippen LogP contribution in [0, 0.1) is 0 Å². The Morgan fingerprint density at radius 2 is 0.617 bits per heavy atom. The molecule has 19 nitrogen and oxygen atoms in total. The van der Waals surface area contributed by atoms with E-state index >= 15 is 0 Å². The molecule has 19 heteroatoms. The maximum absolute atomic E-state index is 13.5. The highest BCUT2D eigenvalue weighted by atomic mass is 16.8. The minimum Gasteiger partial charge on any atom is -0.394 e. The van der Waals surface area contributed by atoms with Gasteiger partial charge in [0.2, 0.25) is 5.91 Å². The lowest BCUT2D eigenvalue weighted by atomic mass is 9.96. The van der Waals surface area contributed by atoms with Crippen molar-refractivity contribution < 1.29 is 89.4 Å². The van der Waals surface area contributed by atoms with Gasteiger partial charge < -0.3 is 89.9 Å². The van der Waals surface area contributed by atoms with Gasteiger partial charge in [-0.3, -0.25) is 4.79 Å². The van der Waals surface area contributed by atoms with E-state index in [1.54, 1.807) is 6.08 Å². The van der Waals surface area contributed by atoms with Crippen molar-refractivity contribution in [2.75, 3.05) is 26.4 Å². The maximum Gasteiger partial charge on any atom is 0.220 e. The van der Waals surface area contributed by atoms with Crippen LogP contribution in [-0.2, 0) is 33.2 Å². The van der Waals surface area contributed by atoms with Crippen LogP contribution in [0.15, 0.2) is 36.5 Å². The van der Waals surface area contributed by atoms with E-state index in [0.29, 0.717) is 6.42 Å². The lowest BCUT2D eigenvalue weighted by Crippen LogP contribution is -2.66. The lowest BCUT2D eigenvalue weighted by molar-refractivity contribution is -0.379. The van der Waals surface area contributed by atoms with Gasteiger partial charge >= 0.3 is 0 Å². The van der Waals surface area contributed by atoms with Gasteiger partial charge in [0.1, 0.15) is 73.2 Å². The van der Waals surface area contributed by atoms with Gasteiger partial charge in [0.25, 0.3) is 0 Å². The van der Waals surface area contributed by atoms with Crippen molar-refractivity contribution >= 4 is 5.91 Å². The first-order valence-electron chi connectivity index (χ1n) is 44.7. The summed E-state index contributed by atoms with van der Waals surface area (Å²) < 4.78 is 34.5. The summed E-state index contributed by atoms with van der Waals surface area (Å²) in [5.41, 5.74) is 0. The van der Waals surface area contributed by atoms with Gasteiger partial charge in [-0.15, -0.1) is 0 Å². The fraction of sp³-hybridized carbons (Fsp3) is 0.920. The maximum atomic E-state index is 13.5. The molecule has 0 aromatic carbocycles. The van der Waals surface area contributed by atoms with Crippen LogP contribution in [0.2, 0.25) is 0 Å². The first-order valence-corrected chi connectivity index (χ1v) is 44.7. The van der Waals surface area contributed by atoms with Gasteiger partial charge in [-0.25, -0.2) is 0 Å². The fourth-order valence-corrected chi connectivity index (χ4v) is 15.3. The number of hydrogen-bond donors (Lipinski definition) is 12. The molecular formula is C88H165NO18. The third kappa shape index (κ3) is 47.5. The zero-order valence-electron chi connectivity index (χ0n) is 67.9. The molecule has 3 rings (SSSR count). The van der Waals surface area contributed by atoms with Gasteiger partial charge in [0, 0.05) is 6.42 Å². The molecule has 12 N–H and O–H groups in total. The summed E-state index contributed by atoms with van der Waals surface area (Å²) in [4.78, 5) is 13.5. The molecule has 0 aliphatic carbocycles. The SMILES string of the molecule is CCCCCCC/C=C\C/C=C\CCCCCCCCCCCCCCCCCCCCCCCCCCCCCCCC(=O)NC(COC1OC(CO)C(OC2OC(CO)C(OC3OC(CO)C(O)C(O)C3O)C(O)C2O)C(O)C1O)C(O)/C=C/CCCCCCCCCCCCCCCCCCCCC. The summed E-state index contributed by atoms with van der Waals surface area (Å²) in [6.07, 6.45) is 60.2. The summed E-state index contributed by atoms with van der Waals surface area (Å²) in [6, 6.07) is -0.972. The number of ether oxygens (including phenoxy) is 6. The lowest BCUT2D eigenvalue weighted by Gasteiger charge is -2.48. The first kappa shape index (κ1) is 99.2. The Hall–Kier alpha value is -1.99. The number of rotatable bonds is 73. The standard InChI is InChI=1S/C88H165NO18/c1-3-5-7-9-11-13-15-17-19-21-23-25-26-27-28-29-30-31-32-33-34-35-36-37-38-39-40-41-42-43-44-46-48-50-52-54-56-58-60-62-64-66-76(94)89-71(72(93)65-63-61-59-57-55-53-51-49-47-45-24-22-20-18-16-14-12-10-8-6-4-2)70-102-86-82(100)79(97)84(74(68-91)104-86)107-88-83(101)80(98)85(75(69-92)105-88)106-87-81(99)78(96)77(95)73(67-90)103-87/h15,17,21,23,63,65,71-75,77-88,90-93,95-101H,3-14,16,18-20,22,24-62,64,66-70H2,1-2H3,(H,89,94)/b17-15-,23-21-,65-63+. The van der Waals surface area contributed by atoms with Crippen LogP contribution in [0.5, 0.6) is 0 Å². The van der Waals surface area contributed by atoms with E-state index in [9.17, 15) is 61.0 Å². The number of carbonyl (C=O) groups is 1. The Labute approximate surface area is 651 Å². The summed E-state index contributed by atoms with van der Waals surface area (Å²) >= 11 is 0. The highest BCUT2D eigenvalue weighted by Crippen LogP contribution is 2.34. The molecule has 3 aliphatic heterocycles. The molecule has 0 saturated carbocycles. The van der Waals surface area contributed by atoms with Crippen molar-refractivity contribution in [1.29, 1.82) is 0 Å². The highest BCUT2D eigenvalue weighted by Gasteiger charge is 2.54. The largest absolute Gasteiger partial charge is 0.394 e. The summed E-state index contributed by atoms with van der Waals surface area (Å²) in [5, 5.41) is 121. The van der Waals surface area contributed by atoms with Crippen molar-refractivity contribution in [3.63, 3.8) is 0 Å². The second kappa shape index (κ2) is 68.4. The van der Waals surface area contributed by atoms with Gasteiger partial charge in [-0.05, 0) is 51.4 Å². The smallest absolute Gasteiger partial charge is 0.220 e. The van der Waals surface area contributed by atoms with E-state index in [2.05, 4.69) is 43.5 Å². The fourth-order valence-electron chi connectivity index (χ4n) is 15.3. The molecule has 3 saturated heterocycles. The molecule has 3 fully saturated rings. The summed E-state index contributed by atoms with van der Waals surface area (Å²) in [5.74, 6) is -0.267. The number of aliphatic hydroxyl groups excluding tert-OH is 11. The Bertz CT molecular complexity index is 2070. The summed E-state index contributed by atoms with van der Waals surface area (Å²) in [7, 11) is 0. The second-order valence-corrected chi connectivity index (χ2v) is 32.1. The number of nitrogens with one attached hydrogen (secondary N) is 1. The van der Waals surface area contributed by atoms with Crippen LogP contribution in [0.4, 0.5) is 0 Å². The minimum atomic E-state index is -1.98. The Morgan fingerprint density at radius 3 is 0.953 bits per heavy atom. The van der Waals surface area contributed by atoms with Crippen molar-refractivity contribution in [1.82, 2.24) is 5.32 Å². The molecule has 0 bridgehead atoms. The molecule has 630 valence electrons. The van der Waals surface area contributed by atoms with Crippen LogP contribution in [0.25, 0.3) is 0 Å². The average molecular weight is 1530 g/mol. The first-order chi connectivity index (χ1) is 52.3. The van der Waals surface area contributed by atoms with Crippen LogP contribution < -0.4 is 5.32 Å². The number of aliphatic hydroxyl groups is 11. The van der Waals surface area contributed by atoms with E-state index in [1.165, 1.54) is 308 Å². The molecule has 0 aromatic rings. The molecule has 17 atom stereocenters. The van der Waals surface area contributed by atoms with Crippen molar-refractivity contribution in [3.8, 4) is 0 Å². The Balaban J connectivity index is 1.28. The zero-order valence-corrected chi connectivity index (χ0v) is 67.9. The van der Waals surface area contributed by atoms with E-state index in [1.807, 2.05) is 6.08 Å². The number of unbranched alkanes of at least 4 members (excludes halogenated alkanes) is 53. The van der Waals surface area contributed by atoms with Gasteiger partial charge in [0.15, 0.2) is 18.9 Å². The number of allylic oxidation sites excluding steroid dienone is 5. The van der Waals surface area contributed by atoms with E-state index in [-0.39, 0.29) is 18.9 Å². The molecule has 1 amide bonds. The van der Waals surface area contributed by atoms with Crippen molar-refractivity contribution in [3.05, 3.63) is 36.5 Å². The van der Waals surface area contributed by atoms with E-state index in [0.717, 1.165) is 51.4 Å². The number of amides is 1. The van der Waals surface area contributed by atoms with Crippen LogP contribution in [0.1, 0.15) is 386 Å². The van der Waals surface area contributed by atoms with Gasteiger partial charge in [-0.1, -0.05) is 365 Å². The molecule has 3 heterocycles. The minimum absolute atomic E-state index is 0.249. The van der Waals surface area contributed by atoms with Crippen LogP contribution in [0.3, 0.4) is 0 Å². The van der Waals surface area contributed by atoms with E-state index < -0.39 is 124 Å². The van der Waals surface area contributed by atoms with E-state index in [4.69, 9.17) is 28.4 Å². The predicted octanol–water partition coefficient (Wildman–Crippen LogP) is 16.6. The number of carbonyl (C=O) groups excluding carboxylic acids is 1. The Morgan fingerprint density at radius 1 is 0.336 bits per heavy atom. The van der Waals surface area contributed by atoms with Crippen LogP contribution >= 0.6 is 0 Å². The average Bonchev–Trinajstić information content (AvgIpc) is 0.782. The molecular weight excluding hydrogens is 1360 g/mol. The van der Waals surface area contributed by atoms with Crippen molar-refractivity contribution in [2.24, 2.45) is 0 Å². The summed E-state index contributed by atoms with van der Waals surface area (Å²) in [6.45, 7) is 1.79. The van der Waals surface area contributed by atoms with Crippen molar-refractivity contribution in [2.45, 2.75) is 491 Å². The topological polar surface area (TPSA) is 307 Å². The molecule has 0 aromatic heterocycles. The molecule has 3 aliphatic rings. The Kier molecular flexibility index (Phi) is 63.4. The second-order valence-electron chi connectivity index (χ2n) is 32.1. The quantitative estimate of drug-likeness (QED) is 0.0199. The molecule has 0 spiro atoms. The normalized spacial score (nSPS) is 25.6. The monoisotopic (exact) mass is 1520 g/mol. The molecule has 17 unspecified atom stereocenters. The van der Waals surface area contributed by atoms with Crippen LogP contribution in [-0.4, -0.2) is 193 Å². The zero-order chi connectivity index (χ0) is 77.4. The number of hydrogen-bond acceptors (Lipinski definition) is 18. The molecule has 107 heavy (non-hydrogen) atoms. The third-order valence-electron chi connectivity index (χ3n) is 22.4. The molecule has 0 radical (unpaired) electrons. The van der Waals surface area contributed by atoms with Gasteiger partial charge in [-0.2, -0.15) is 0 Å². The van der Waals surface area contributed by atoms with Gasteiger partial charge in [0.05, 0.1) is 38.6 Å². The predicted molar refractivity (Wildman–Crippen MR) is 429 cm³/mol.